The molecular formula is C9H12N4O5. The van der Waals surface area contributed by atoms with Crippen molar-refractivity contribution in [3.05, 3.63) is 22.2 Å². The Morgan fingerprint density at radius 2 is 2.17 bits per heavy atom. The van der Waals surface area contributed by atoms with Crippen LogP contribution in [0.5, 0.6) is 0 Å². The predicted octanol–water partition coefficient (Wildman–Crippen LogP) is -2.08. The second-order valence-corrected chi connectivity index (χ2v) is 3.55. The van der Waals surface area contributed by atoms with Crippen LogP contribution in [0.1, 0.15) is 17.3 Å². The Kier molecular flexibility index (Phi) is 4.00. The maximum Gasteiger partial charge on any atom is 0.346 e. The molecule has 0 aliphatic heterocycles. The molecule has 1 heterocycles. The molecule has 0 spiro atoms. The number of carboxylic acids is 1. The third-order valence-electron chi connectivity index (χ3n) is 2.12. The molecule has 0 aliphatic carbocycles. The molecule has 1 aromatic rings. The highest BCUT2D eigenvalue weighted by atomic mass is 16.4. The Morgan fingerprint density at radius 1 is 1.56 bits per heavy atom. The van der Waals surface area contributed by atoms with Crippen LogP contribution >= 0.6 is 0 Å². The van der Waals surface area contributed by atoms with Gasteiger partial charge in [0.1, 0.15) is 5.82 Å². The predicted molar refractivity (Wildman–Crippen MR) is 59.8 cm³/mol. The van der Waals surface area contributed by atoms with Crippen LogP contribution in [0.15, 0.2) is 11.0 Å². The Hall–Kier alpha value is -2.42. The number of amides is 1. The van der Waals surface area contributed by atoms with Gasteiger partial charge in [0.15, 0.2) is 6.04 Å². The molecule has 0 saturated carbocycles. The molecule has 0 saturated heterocycles. The van der Waals surface area contributed by atoms with Crippen molar-refractivity contribution in [3.63, 3.8) is 0 Å². The lowest BCUT2D eigenvalue weighted by atomic mass is 10.1. The van der Waals surface area contributed by atoms with Crippen molar-refractivity contribution in [3.8, 4) is 0 Å². The maximum atomic E-state index is 11.7. The molecule has 0 bridgehead atoms. The first kappa shape index (κ1) is 13.6. The average molecular weight is 256 g/mol. The van der Waals surface area contributed by atoms with E-state index in [1.165, 1.54) is 6.92 Å². The molecule has 6 N–H and O–H groups in total. The van der Waals surface area contributed by atoms with Crippen molar-refractivity contribution in [1.82, 2.24) is 15.3 Å². The largest absolute Gasteiger partial charge is 0.480 e. The van der Waals surface area contributed by atoms with E-state index in [0.717, 1.165) is 6.20 Å². The van der Waals surface area contributed by atoms with Gasteiger partial charge in [0.25, 0.3) is 5.91 Å². The molecule has 1 amide bonds. The summed E-state index contributed by atoms with van der Waals surface area (Å²) in [5.41, 5.74) is 4.48. The summed E-state index contributed by atoms with van der Waals surface area (Å²) in [5.74, 6) is -2.49. The number of nitrogens with two attached hydrogens (primary N) is 1. The highest BCUT2D eigenvalue weighted by Gasteiger charge is 2.26. The van der Waals surface area contributed by atoms with E-state index >= 15 is 0 Å². The van der Waals surface area contributed by atoms with Crippen molar-refractivity contribution in [2.45, 2.75) is 19.1 Å². The first-order chi connectivity index (χ1) is 8.32. The van der Waals surface area contributed by atoms with Crippen LogP contribution in [0.3, 0.4) is 0 Å². The summed E-state index contributed by atoms with van der Waals surface area (Å²) < 4.78 is 0. The Morgan fingerprint density at radius 3 is 2.61 bits per heavy atom. The number of carbonyl (C=O) groups excluding carboxylic acids is 1. The SMILES string of the molecule is CC(O)C(NC(=O)c1cnc(=O)[nH]c1N)C(=O)O. The van der Waals surface area contributed by atoms with Gasteiger partial charge in [-0.1, -0.05) is 0 Å². The number of hydrogen-bond donors (Lipinski definition) is 5. The summed E-state index contributed by atoms with van der Waals surface area (Å²) in [6.45, 7) is 1.22. The summed E-state index contributed by atoms with van der Waals surface area (Å²) in [5, 5.41) is 20.0. The van der Waals surface area contributed by atoms with E-state index in [9.17, 15) is 19.5 Å². The van der Waals surface area contributed by atoms with Gasteiger partial charge in [-0.15, -0.1) is 0 Å². The van der Waals surface area contributed by atoms with E-state index in [0.29, 0.717) is 0 Å². The van der Waals surface area contributed by atoms with Gasteiger partial charge in [0, 0.05) is 6.20 Å². The minimum Gasteiger partial charge on any atom is -0.480 e. The summed E-state index contributed by atoms with van der Waals surface area (Å²) in [6, 6.07) is -1.48. The second-order valence-electron chi connectivity index (χ2n) is 3.55. The van der Waals surface area contributed by atoms with E-state index in [1.807, 2.05) is 0 Å². The summed E-state index contributed by atoms with van der Waals surface area (Å²) in [6.07, 6.45) is -0.367. The molecule has 1 aromatic heterocycles. The number of carboxylic acid groups (broad SMARTS) is 1. The molecule has 0 aliphatic rings. The fraction of sp³-hybridized carbons (Fsp3) is 0.333. The number of rotatable bonds is 4. The van der Waals surface area contributed by atoms with E-state index < -0.39 is 29.7 Å². The Labute approximate surface area is 101 Å². The zero-order valence-corrected chi connectivity index (χ0v) is 9.38. The highest BCUT2D eigenvalue weighted by molar-refractivity contribution is 5.99. The standard InChI is InChI=1S/C9H12N4O5/c1-3(14)5(8(16)17)12-7(15)4-2-11-9(18)13-6(4)10/h2-3,5,14H,1H3,(H,12,15)(H,16,17)(H3,10,11,13,18). The van der Waals surface area contributed by atoms with Crippen LogP contribution in [0, 0.1) is 0 Å². The number of aromatic nitrogens is 2. The maximum absolute atomic E-state index is 11.7. The molecule has 18 heavy (non-hydrogen) atoms. The number of nitrogens with zero attached hydrogens (tertiary/aromatic N) is 1. The molecule has 0 aromatic carbocycles. The van der Waals surface area contributed by atoms with Gasteiger partial charge in [-0.25, -0.2) is 14.6 Å². The molecule has 9 heteroatoms. The third kappa shape index (κ3) is 3.04. The normalized spacial score (nSPS) is 13.7. The van der Waals surface area contributed by atoms with Crippen LogP contribution in [-0.2, 0) is 4.79 Å². The van der Waals surface area contributed by atoms with Gasteiger partial charge in [-0.05, 0) is 6.92 Å². The number of carbonyl (C=O) groups is 2. The van der Waals surface area contributed by atoms with Crippen LogP contribution < -0.4 is 16.7 Å². The van der Waals surface area contributed by atoms with Gasteiger partial charge in [0.05, 0.1) is 11.7 Å². The fourth-order valence-electron chi connectivity index (χ4n) is 1.20. The summed E-state index contributed by atoms with van der Waals surface area (Å²) in [7, 11) is 0. The summed E-state index contributed by atoms with van der Waals surface area (Å²) >= 11 is 0. The van der Waals surface area contributed by atoms with Crippen molar-refractivity contribution < 1.29 is 19.8 Å². The number of hydrogen-bond acceptors (Lipinski definition) is 6. The summed E-state index contributed by atoms with van der Waals surface area (Å²) in [4.78, 5) is 38.6. The molecule has 98 valence electrons. The molecule has 2 unspecified atom stereocenters. The lowest BCUT2D eigenvalue weighted by molar-refractivity contribution is -0.141. The van der Waals surface area contributed by atoms with Crippen molar-refractivity contribution >= 4 is 17.7 Å². The van der Waals surface area contributed by atoms with Gasteiger partial charge in [-0.3, -0.25) is 9.78 Å². The number of aromatic amines is 1. The highest BCUT2D eigenvalue weighted by Crippen LogP contribution is 2.04. The first-order valence-corrected chi connectivity index (χ1v) is 4.89. The van der Waals surface area contributed by atoms with Crippen LogP contribution in [-0.4, -0.2) is 44.2 Å². The van der Waals surface area contributed by atoms with Crippen LogP contribution in [0.25, 0.3) is 0 Å². The Balaban J connectivity index is 2.94. The number of aliphatic hydroxyl groups is 1. The molecule has 1 rings (SSSR count). The van der Waals surface area contributed by atoms with Gasteiger partial charge in [-0.2, -0.15) is 0 Å². The number of aliphatic carboxylic acids is 1. The molecular weight excluding hydrogens is 244 g/mol. The van der Waals surface area contributed by atoms with E-state index in [2.05, 4.69) is 15.3 Å². The minimum absolute atomic E-state index is 0.179. The minimum atomic E-state index is -1.48. The number of anilines is 1. The van der Waals surface area contributed by atoms with Gasteiger partial charge >= 0.3 is 11.7 Å². The van der Waals surface area contributed by atoms with Crippen molar-refractivity contribution in [2.24, 2.45) is 0 Å². The second kappa shape index (κ2) is 5.27. The van der Waals surface area contributed by atoms with E-state index in [1.54, 1.807) is 0 Å². The number of nitrogens with one attached hydrogen (secondary N) is 2. The lowest BCUT2D eigenvalue weighted by Crippen LogP contribution is -2.47. The average Bonchev–Trinajstić information content (AvgIpc) is 2.24. The van der Waals surface area contributed by atoms with Crippen molar-refractivity contribution in [2.75, 3.05) is 5.73 Å². The smallest absolute Gasteiger partial charge is 0.346 e. The Bertz CT molecular complexity index is 524. The number of aliphatic hydroxyl groups excluding tert-OH is 1. The molecule has 0 fully saturated rings. The van der Waals surface area contributed by atoms with E-state index in [4.69, 9.17) is 10.8 Å². The quantitative estimate of drug-likeness (QED) is 0.413. The van der Waals surface area contributed by atoms with Gasteiger partial charge in [0.2, 0.25) is 0 Å². The van der Waals surface area contributed by atoms with Crippen LogP contribution in [0.4, 0.5) is 5.82 Å². The zero-order chi connectivity index (χ0) is 13.9. The lowest BCUT2D eigenvalue weighted by Gasteiger charge is -2.17. The fourth-order valence-corrected chi connectivity index (χ4v) is 1.20. The topological polar surface area (TPSA) is 158 Å². The molecule has 0 radical (unpaired) electrons. The van der Waals surface area contributed by atoms with Gasteiger partial charge < -0.3 is 21.3 Å². The van der Waals surface area contributed by atoms with Crippen LogP contribution in [0.2, 0.25) is 0 Å². The zero-order valence-electron chi connectivity index (χ0n) is 9.38. The monoisotopic (exact) mass is 256 g/mol. The first-order valence-electron chi connectivity index (χ1n) is 4.89. The number of H-pyrrole nitrogens is 1. The van der Waals surface area contributed by atoms with Crippen molar-refractivity contribution in [1.29, 1.82) is 0 Å². The van der Waals surface area contributed by atoms with E-state index in [-0.39, 0.29) is 11.4 Å². The number of nitrogen functional groups attached to an aromatic ring is 1. The molecule has 9 nitrogen and oxygen atoms in total. The molecule has 2 atom stereocenters. The third-order valence-corrected chi connectivity index (χ3v) is 2.12.